The number of carbonyl (C=O) groups excluding carboxylic acids is 2. The molecular weight excluding hydrogens is 427 g/mol. The number of rotatable bonds is 8. The fraction of sp³-hybridized carbons (Fsp3) is 0.227. The van der Waals surface area contributed by atoms with Gasteiger partial charge in [0.05, 0.1) is 25.8 Å². The summed E-state index contributed by atoms with van der Waals surface area (Å²) in [5, 5.41) is 4.07. The van der Waals surface area contributed by atoms with Crippen LogP contribution >= 0.6 is 23.2 Å². The molecule has 1 aromatic heterocycles. The number of benzene rings is 2. The maximum Gasteiger partial charge on any atom is 0.307 e. The lowest BCUT2D eigenvalue weighted by Crippen LogP contribution is -2.30. The van der Waals surface area contributed by atoms with E-state index in [1.54, 1.807) is 42.6 Å². The predicted molar refractivity (Wildman–Crippen MR) is 114 cm³/mol. The Hall–Kier alpha value is -2.83. The van der Waals surface area contributed by atoms with Crippen LogP contribution in [-0.2, 0) is 20.7 Å². The van der Waals surface area contributed by atoms with Gasteiger partial charge < -0.3 is 14.5 Å². The van der Waals surface area contributed by atoms with Crippen molar-refractivity contribution in [3.63, 3.8) is 0 Å². The van der Waals surface area contributed by atoms with Crippen LogP contribution in [0.1, 0.15) is 30.3 Å². The number of methoxy groups -OCH3 is 1. The number of nitrogens with zero attached hydrogens (tertiary/aromatic N) is 1. The van der Waals surface area contributed by atoms with Crippen molar-refractivity contribution < 1.29 is 18.7 Å². The van der Waals surface area contributed by atoms with Crippen LogP contribution in [0.5, 0.6) is 0 Å². The lowest BCUT2D eigenvalue weighted by Gasteiger charge is -2.18. The van der Waals surface area contributed by atoms with E-state index in [-0.39, 0.29) is 18.7 Å². The second-order valence-corrected chi connectivity index (χ2v) is 7.45. The first-order chi connectivity index (χ1) is 14.4. The molecule has 0 bridgehead atoms. The molecule has 0 aliphatic heterocycles. The Labute approximate surface area is 184 Å². The van der Waals surface area contributed by atoms with Gasteiger partial charge in [0.25, 0.3) is 0 Å². The Morgan fingerprint density at radius 3 is 2.33 bits per heavy atom. The van der Waals surface area contributed by atoms with E-state index < -0.39 is 12.0 Å². The van der Waals surface area contributed by atoms with E-state index in [0.29, 0.717) is 28.1 Å². The van der Waals surface area contributed by atoms with Gasteiger partial charge in [-0.3, -0.25) is 9.59 Å². The molecule has 3 rings (SSSR count). The number of hydrogen-bond donors (Lipinski definition) is 1. The number of carbonyl (C=O) groups is 2. The minimum atomic E-state index is -0.517. The third-order valence-corrected chi connectivity index (χ3v) is 4.96. The molecule has 1 amide bonds. The van der Waals surface area contributed by atoms with E-state index in [1.807, 2.05) is 12.1 Å². The smallest absolute Gasteiger partial charge is 0.307 e. The largest absolute Gasteiger partial charge is 0.469 e. The van der Waals surface area contributed by atoms with Gasteiger partial charge in [-0.25, -0.2) is 4.98 Å². The van der Waals surface area contributed by atoms with Crippen LogP contribution in [0, 0.1) is 0 Å². The molecule has 0 saturated carbocycles. The Balaban J connectivity index is 1.60. The summed E-state index contributed by atoms with van der Waals surface area (Å²) >= 11 is 11.8. The monoisotopic (exact) mass is 446 g/mol. The van der Waals surface area contributed by atoms with Crippen molar-refractivity contribution in [1.29, 1.82) is 0 Å². The minimum Gasteiger partial charge on any atom is -0.469 e. The van der Waals surface area contributed by atoms with Gasteiger partial charge in [0, 0.05) is 28.5 Å². The molecule has 3 aromatic rings. The molecule has 1 N–H and O–H groups in total. The number of ether oxygens (including phenoxy) is 1. The summed E-state index contributed by atoms with van der Waals surface area (Å²) < 4.78 is 10.5. The van der Waals surface area contributed by atoms with Crippen molar-refractivity contribution in [1.82, 2.24) is 10.3 Å². The third-order valence-electron chi connectivity index (χ3n) is 4.45. The number of nitrogens with one attached hydrogen (secondary N) is 1. The maximum absolute atomic E-state index is 12.5. The first kappa shape index (κ1) is 21.9. The molecule has 1 heterocycles. The second kappa shape index (κ2) is 10.3. The highest BCUT2D eigenvalue weighted by molar-refractivity contribution is 6.30. The Morgan fingerprint density at radius 1 is 1.07 bits per heavy atom. The van der Waals surface area contributed by atoms with E-state index >= 15 is 0 Å². The average molecular weight is 447 g/mol. The summed E-state index contributed by atoms with van der Waals surface area (Å²) in [7, 11) is 1.31. The fourth-order valence-corrected chi connectivity index (χ4v) is 3.11. The number of aromatic nitrogens is 1. The lowest BCUT2D eigenvalue weighted by atomic mass is 10.0. The molecule has 0 spiro atoms. The van der Waals surface area contributed by atoms with Crippen LogP contribution in [0.15, 0.2) is 59.1 Å². The number of esters is 1. The summed E-state index contributed by atoms with van der Waals surface area (Å²) in [5.41, 5.74) is 1.61. The quantitative estimate of drug-likeness (QED) is 0.492. The molecule has 0 aliphatic carbocycles. The van der Waals surface area contributed by atoms with Crippen molar-refractivity contribution in [3.05, 3.63) is 76.2 Å². The lowest BCUT2D eigenvalue weighted by molar-refractivity contribution is -0.141. The van der Waals surface area contributed by atoms with Gasteiger partial charge in [0.2, 0.25) is 5.91 Å². The highest BCUT2D eigenvalue weighted by atomic mass is 35.5. The minimum absolute atomic E-state index is 0.0174. The maximum atomic E-state index is 12.5. The van der Waals surface area contributed by atoms with Crippen molar-refractivity contribution in [3.8, 4) is 11.3 Å². The number of hydrogen-bond acceptors (Lipinski definition) is 5. The molecule has 1 atom stereocenters. The van der Waals surface area contributed by atoms with Crippen molar-refractivity contribution >= 4 is 35.1 Å². The Kier molecular flexibility index (Phi) is 7.49. The van der Waals surface area contributed by atoms with E-state index in [4.69, 9.17) is 32.4 Å². The summed E-state index contributed by atoms with van der Waals surface area (Å²) in [6.07, 6.45) is 2.12. The predicted octanol–water partition coefficient (Wildman–Crippen LogP) is 5.00. The summed E-state index contributed by atoms with van der Waals surface area (Å²) in [6.45, 7) is 0. The van der Waals surface area contributed by atoms with Crippen molar-refractivity contribution in [2.24, 2.45) is 0 Å². The zero-order valence-corrected chi connectivity index (χ0v) is 17.7. The number of aryl methyl sites for hydroxylation is 1. The number of amides is 1. The van der Waals surface area contributed by atoms with E-state index in [1.165, 1.54) is 7.11 Å². The molecule has 0 fully saturated rings. The molecule has 30 heavy (non-hydrogen) atoms. The normalized spacial score (nSPS) is 11.7. The second-order valence-electron chi connectivity index (χ2n) is 6.58. The van der Waals surface area contributed by atoms with Crippen molar-refractivity contribution in [2.45, 2.75) is 25.3 Å². The van der Waals surface area contributed by atoms with E-state index in [0.717, 1.165) is 11.1 Å². The fourth-order valence-electron chi connectivity index (χ4n) is 2.86. The standard InChI is InChI=1S/C22H20Cl2N2O4/c1-29-22(28)12-18(14-2-6-16(23)7-3-14)26-20(27)10-11-21-25-13-19(30-21)15-4-8-17(24)9-5-15/h2-9,13,18H,10-12H2,1H3,(H,26,27). The van der Waals surface area contributed by atoms with E-state index in [9.17, 15) is 9.59 Å². The van der Waals surface area contributed by atoms with Crippen LogP contribution in [0.25, 0.3) is 11.3 Å². The topological polar surface area (TPSA) is 81.4 Å². The number of oxazole rings is 1. The number of halogens is 2. The van der Waals surface area contributed by atoms with Gasteiger partial charge in [-0.15, -0.1) is 0 Å². The zero-order valence-electron chi connectivity index (χ0n) is 16.2. The van der Waals surface area contributed by atoms with Crippen LogP contribution in [0.4, 0.5) is 0 Å². The first-order valence-corrected chi connectivity index (χ1v) is 10.0. The van der Waals surface area contributed by atoms with Crippen LogP contribution in [0.2, 0.25) is 10.0 Å². The summed E-state index contributed by atoms with van der Waals surface area (Å²) in [4.78, 5) is 28.5. The van der Waals surface area contributed by atoms with Crippen molar-refractivity contribution in [2.75, 3.05) is 7.11 Å². The highest BCUT2D eigenvalue weighted by Gasteiger charge is 2.19. The van der Waals surface area contributed by atoms with Gasteiger partial charge in [0.15, 0.2) is 11.7 Å². The Morgan fingerprint density at radius 2 is 1.70 bits per heavy atom. The molecular formula is C22H20Cl2N2O4. The molecule has 156 valence electrons. The molecule has 0 saturated heterocycles. The average Bonchev–Trinajstić information content (AvgIpc) is 3.22. The highest BCUT2D eigenvalue weighted by Crippen LogP contribution is 2.23. The molecule has 2 aromatic carbocycles. The Bertz CT molecular complexity index is 1000. The zero-order chi connectivity index (χ0) is 21.5. The molecule has 0 radical (unpaired) electrons. The van der Waals surface area contributed by atoms with Crippen LogP contribution in [0.3, 0.4) is 0 Å². The van der Waals surface area contributed by atoms with Crippen LogP contribution < -0.4 is 5.32 Å². The van der Waals surface area contributed by atoms with Gasteiger partial charge >= 0.3 is 5.97 Å². The third kappa shape index (κ3) is 6.08. The van der Waals surface area contributed by atoms with Crippen LogP contribution in [-0.4, -0.2) is 24.0 Å². The SMILES string of the molecule is COC(=O)CC(NC(=O)CCc1ncc(-c2ccc(Cl)cc2)o1)c1ccc(Cl)cc1. The first-order valence-electron chi connectivity index (χ1n) is 9.27. The molecule has 6 nitrogen and oxygen atoms in total. The van der Waals surface area contributed by atoms with Gasteiger partial charge in [0.1, 0.15) is 0 Å². The molecule has 1 unspecified atom stereocenters. The summed E-state index contributed by atoms with van der Waals surface area (Å²) in [6, 6.07) is 13.6. The molecule has 0 aliphatic rings. The van der Waals surface area contributed by atoms with Gasteiger partial charge in [-0.1, -0.05) is 35.3 Å². The van der Waals surface area contributed by atoms with Gasteiger partial charge in [-0.05, 0) is 42.0 Å². The summed E-state index contributed by atoms with van der Waals surface area (Å²) in [5.74, 6) is 0.401. The molecule has 8 heteroatoms. The van der Waals surface area contributed by atoms with Gasteiger partial charge in [-0.2, -0.15) is 0 Å². The van der Waals surface area contributed by atoms with E-state index in [2.05, 4.69) is 10.3 Å².